The van der Waals surface area contributed by atoms with Crippen LogP contribution in [0.1, 0.15) is 28.7 Å². The molecule has 0 fully saturated rings. The summed E-state index contributed by atoms with van der Waals surface area (Å²) in [5.41, 5.74) is 4.36. The van der Waals surface area contributed by atoms with Crippen molar-refractivity contribution in [3.05, 3.63) is 70.8 Å². The number of rotatable bonds is 8. The molecule has 4 nitrogen and oxygen atoms in total. The van der Waals surface area contributed by atoms with Crippen LogP contribution in [0.4, 0.5) is 0 Å². The van der Waals surface area contributed by atoms with Gasteiger partial charge in [-0.2, -0.15) is 0 Å². The highest BCUT2D eigenvalue weighted by molar-refractivity contribution is 5.77. The third kappa shape index (κ3) is 6.42. The lowest BCUT2D eigenvalue weighted by molar-refractivity contribution is -0.141. The molecule has 0 aromatic heterocycles. The summed E-state index contributed by atoms with van der Waals surface area (Å²) >= 11 is 0. The van der Waals surface area contributed by atoms with Gasteiger partial charge < -0.3 is 10.4 Å². The summed E-state index contributed by atoms with van der Waals surface area (Å²) in [5.74, 6) is -1.62. The van der Waals surface area contributed by atoms with Crippen LogP contribution in [-0.4, -0.2) is 23.5 Å². The van der Waals surface area contributed by atoms with E-state index >= 15 is 0 Å². The van der Waals surface area contributed by atoms with E-state index in [0.29, 0.717) is 19.3 Å². The predicted molar refractivity (Wildman–Crippen MR) is 98.5 cm³/mol. The molecule has 1 unspecified atom stereocenters. The van der Waals surface area contributed by atoms with Crippen molar-refractivity contribution in [2.24, 2.45) is 5.92 Å². The van der Waals surface area contributed by atoms with Crippen molar-refractivity contribution < 1.29 is 14.7 Å². The van der Waals surface area contributed by atoms with Crippen LogP contribution in [0.5, 0.6) is 0 Å². The van der Waals surface area contributed by atoms with E-state index in [9.17, 15) is 14.7 Å². The molecule has 2 aromatic carbocycles. The molecule has 0 radical (unpaired) electrons. The van der Waals surface area contributed by atoms with Gasteiger partial charge in [-0.3, -0.25) is 9.59 Å². The second-order valence-corrected chi connectivity index (χ2v) is 6.52. The zero-order valence-electron chi connectivity index (χ0n) is 14.8. The van der Waals surface area contributed by atoms with E-state index in [1.165, 1.54) is 5.56 Å². The molecule has 2 aromatic rings. The van der Waals surface area contributed by atoms with Crippen LogP contribution in [0, 0.1) is 19.8 Å². The average molecular weight is 339 g/mol. The predicted octanol–water partition coefficient (Wildman–Crippen LogP) is 3.30. The third-order valence-electron chi connectivity index (χ3n) is 4.18. The van der Waals surface area contributed by atoms with Gasteiger partial charge in [0.05, 0.1) is 5.92 Å². The number of hydrogen-bond acceptors (Lipinski definition) is 2. The van der Waals surface area contributed by atoms with Crippen molar-refractivity contribution >= 4 is 11.9 Å². The zero-order valence-corrected chi connectivity index (χ0v) is 14.8. The number of aryl methyl sites for hydroxylation is 3. The van der Waals surface area contributed by atoms with E-state index in [4.69, 9.17) is 0 Å². The lowest BCUT2D eigenvalue weighted by Crippen LogP contribution is -2.34. The van der Waals surface area contributed by atoms with Gasteiger partial charge in [-0.25, -0.2) is 0 Å². The molecule has 0 aliphatic heterocycles. The molecule has 0 aliphatic rings. The number of carboxylic acids is 1. The molecule has 2 N–H and O–H groups in total. The molecule has 0 saturated heterocycles. The molecule has 0 heterocycles. The standard InChI is InChI=1S/C21H25NO3/c1-15-5-3-7-17(11-15)9-10-20(23)22-14-19(21(24)25)13-18-8-4-6-16(2)12-18/h3-8,11-12,19H,9-10,13-14H2,1-2H3,(H,22,23)(H,24,25). The molecule has 132 valence electrons. The van der Waals surface area contributed by atoms with Crippen LogP contribution in [0.2, 0.25) is 0 Å². The summed E-state index contributed by atoms with van der Waals surface area (Å²) in [6.07, 6.45) is 1.43. The molecule has 4 heteroatoms. The van der Waals surface area contributed by atoms with Crippen LogP contribution >= 0.6 is 0 Å². The summed E-state index contributed by atoms with van der Waals surface area (Å²) < 4.78 is 0. The minimum atomic E-state index is -0.888. The Bertz CT molecular complexity index is 739. The Kier molecular flexibility index (Phi) is 6.75. The first-order valence-electron chi connectivity index (χ1n) is 8.54. The number of carboxylic acid groups (broad SMARTS) is 1. The maximum absolute atomic E-state index is 12.0. The Morgan fingerprint density at radius 3 is 2.20 bits per heavy atom. The number of nitrogens with one attached hydrogen (secondary N) is 1. The van der Waals surface area contributed by atoms with Crippen LogP contribution in [0.25, 0.3) is 0 Å². The lowest BCUT2D eigenvalue weighted by Gasteiger charge is -2.14. The molecule has 25 heavy (non-hydrogen) atoms. The molecule has 0 aliphatic carbocycles. The van der Waals surface area contributed by atoms with Crippen molar-refractivity contribution in [2.75, 3.05) is 6.54 Å². The molecule has 0 spiro atoms. The fourth-order valence-corrected chi connectivity index (χ4v) is 2.82. The van der Waals surface area contributed by atoms with Crippen LogP contribution in [0.15, 0.2) is 48.5 Å². The fourth-order valence-electron chi connectivity index (χ4n) is 2.82. The third-order valence-corrected chi connectivity index (χ3v) is 4.18. The molecule has 2 rings (SSSR count). The highest BCUT2D eigenvalue weighted by Gasteiger charge is 2.19. The first kappa shape index (κ1) is 18.7. The van der Waals surface area contributed by atoms with Gasteiger partial charge >= 0.3 is 5.97 Å². The van der Waals surface area contributed by atoms with Gasteiger partial charge in [-0.05, 0) is 37.8 Å². The van der Waals surface area contributed by atoms with Gasteiger partial charge in [-0.15, -0.1) is 0 Å². The summed E-state index contributed by atoms with van der Waals surface area (Å²) in [7, 11) is 0. The highest BCUT2D eigenvalue weighted by atomic mass is 16.4. The van der Waals surface area contributed by atoms with E-state index < -0.39 is 11.9 Å². The van der Waals surface area contributed by atoms with E-state index in [1.807, 2.05) is 56.3 Å². The van der Waals surface area contributed by atoms with Gasteiger partial charge in [-0.1, -0.05) is 59.7 Å². The second kappa shape index (κ2) is 9.02. The number of amides is 1. The van der Waals surface area contributed by atoms with Crippen molar-refractivity contribution in [1.29, 1.82) is 0 Å². The number of aliphatic carboxylic acids is 1. The fraction of sp³-hybridized carbons (Fsp3) is 0.333. The van der Waals surface area contributed by atoms with Crippen molar-refractivity contribution in [3.8, 4) is 0 Å². The molecular formula is C21H25NO3. The van der Waals surface area contributed by atoms with E-state index in [2.05, 4.69) is 11.4 Å². The minimum Gasteiger partial charge on any atom is -0.481 e. The number of carbonyl (C=O) groups excluding carboxylic acids is 1. The smallest absolute Gasteiger partial charge is 0.308 e. The summed E-state index contributed by atoms with van der Waals surface area (Å²) in [6, 6.07) is 15.9. The monoisotopic (exact) mass is 339 g/mol. The number of hydrogen-bond donors (Lipinski definition) is 2. The first-order chi connectivity index (χ1) is 11.9. The lowest BCUT2D eigenvalue weighted by atomic mass is 9.98. The highest BCUT2D eigenvalue weighted by Crippen LogP contribution is 2.11. The van der Waals surface area contributed by atoms with Gasteiger partial charge in [0.1, 0.15) is 0 Å². The Morgan fingerprint density at radius 1 is 1.00 bits per heavy atom. The van der Waals surface area contributed by atoms with Gasteiger partial charge in [0.2, 0.25) is 5.91 Å². The molecule has 1 atom stereocenters. The topological polar surface area (TPSA) is 66.4 Å². The molecular weight excluding hydrogens is 314 g/mol. The minimum absolute atomic E-state index is 0.114. The number of benzene rings is 2. The second-order valence-electron chi connectivity index (χ2n) is 6.52. The Morgan fingerprint density at radius 2 is 1.60 bits per heavy atom. The average Bonchev–Trinajstić information content (AvgIpc) is 2.56. The largest absolute Gasteiger partial charge is 0.481 e. The Hall–Kier alpha value is -2.62. The van der Waals surface area contributed by atoms with Gasteiger partial charge in [0.25, 0.3) is 0 Å². The maximum atomic E-state index is 12.0. The quantitative estimate of drug-likeness (QED) is 0.775. The summed E-state index contributed by atoms with van der Waals surface area (Å²) in [4.78, 5) is 23.5. The van der Waals surface area contributed by atoms with E-state index in [-0.39, 0.29) is 12.5 Å². The molecule has 0 bridgehead atoms. The van der Waals surface area contributed by atoms with Crippen LogP contribution in [-0.2, 0) is 22.4 Å². The van der Waals surface area contributed by atoms with Gasteiger partial charge in [0, 0.05) is 13.0 Å². The number of carbonyl (C=O) groups is 2. The van der Waals surface area contributed by atoms with Gasteiger partial charge in [0.15, 0.2) is 0 Å². The SMILES string of the molecule is Cc1cccc(CCC(=O)NCC(Cc2cccc(C)c2)C(=O)O)c1. The van der Waals surface area contributed by atoms with Crippen molar-refractivity contribution in [1.82, 2.24) is 5.32 Å². The maximum Gasteiger partial charge on any atom is 0.308 e. The molecule has 0 saturated carbocycles. The zero-order chi connectivity index (χ0) is 18.2. The van der Waals surface area contributed by atoms with E-state index in [1.54, 1.807) is 0 Å². The van der Waals surface area contributed by atoms with Crippen LogP contribution in [0.3, 0.4) is 0 Å². The van der Waals surface area contributed by atoms with Crippen molar-refractivity contribution in [3.63, 3.8) is 0 Å². The van der Waals surface area contributed by atoms with Crippen LogP contribution < -0.4 is 5.32 Å². The Balaban J connectivity index is 1.83. The summed E-state index contributed by atoms with van der Waals surface area (Å²) in [5, 5.41) is 12.2. The normalized spacial score (nSPS) is 11.8. The first-order valence-corrected chi connectivity index (χ1v) is 8.54. The van der Waals surface area contributed by atoms with E-state index in [0.717, 1.165) is 16.7 Å². The summed E-state index contributed by atoms with van der Waals surface area (Å²) in [6.45, 7) is 4.15. The molecule has 1 amide bonds. The Labute approximate surface area is 148 Å². The van der Waals surface area contributed by atoms with Crippen molar-refractivity contribution in [2.45, 2.75) is 33.1 Å².